The Bertz CT molecular complexity index is 416. The lowest BCUT2D eigenvalue weighted by Crippen LogP contribution is -2.32. The summed E-state index contributed by atoms with van der Waals surface area (Å²) in [4.78, 5) is 0.112. The normalized spacial score (nSPS) is 13.4. The number of hydrogen-bond donors (Lipinski definition) is 2. The monoisotopic (exact) mass is 213 g/mol. The molecule has 14 heavy (non-hydrogen) atoms. The first-order valence-electron chi connectivity index (χ1n) is 4.01. The summed E-state index contributed by atoms with van der Waals surface area (Å²) in [7, 11) is -3.48. The molecule has 1 atom stereocenters. The van der Waals surface area contributed by atoms with Gasteiger partial charge >= 0.3 is 0 Å². The largest absolute Gasteiger partial charge is 0.284 e. The van der Waals surface area contributed by atoms with Crippen molar-refractivity contribution in [2.75, 3.05) is 0 Å². The molecule has 0 bridgehead atoms. The molecule has 1 rings (SSSR count). The number of hydrogen-bond acceptors (Lipinski definition) is 3. The van der Waals surface area contributed by atoms with E-state index < -0.39 is 10.0 Å². The molecule has 2 N–H and O–H groups in total. The number of nitrogens with zero attached hydrogens (tertiary/aromatic N) is 1. The molecule has 1 aromatic heterocycles. The molecule has 0 spiro atoms. The molecule has 1 heterocycles. The first kappa shape index (κ1) is 10.8. The van der Waals surface area contributed by atoms with Gasteiger partial charge in [-0.05, 0) is 6.92 Å². The summed E-state index contributed by atoms with van der Waals surface area (Å²) in [5, 5.41) is 5.99. The highest BCUT2D eigenvalue weighted by atomic mass is 32.2. The Labute approximate surface area is 83.0 Å². The minimum atomic E-state index is -3.48. The van der Waals surface area contributed by atoms with Crippen LogP contribution in [0.2, 0.25) is 0 Å². The lowest BCUT2D eigenvalue weighted by molar-refractivity contribution is 0.564. The van der Waals surface area contributed by atoms with E-state index in [2.05, 4.69) is 20.8 Å². The highest BCUT2D eigenvalue weighted by Crippen LogP contribution is 2.05. The highest BCUT2D eigenvalue weighted by molar-refractivity contribution is 7.89. The van der Waals surface area contributed by atoms with Crippen LogP contribution in [-0.4, -0.2) is 24.7 Å². The fourth-order valence-electron chi connectivity index (χ4n) is 0.937. The Hall–Kier alpha value is -1.32. The standard InChI is InChI=1S/C8H11N3O2S/c1-3-4-7(2)11-14(12,13)8-5-9-10-6-8/h1,5-7,11H,4H2,2H3,(H,9,10). The van der Waals surface area contributed by atoms with Crippen LogP contribution in [-0.2, 0) is 10.0 Å². The average molecular weight is 213 g/mol. The van der Waals surface area contributed by atoms with Crippen LogP contribution in [0.4, 0.5) is 0 Å². The fraction of sp³-hybridized carbons (Fsp3) is 0.375. The summed E-state index contributed by atoms with van der Waals surface area (Å²) in [5.74, 6) is 2.38. The first-order valence-corrected chi connectivity index (χ1v) is 5.49. The van der Waals surface area contributed by atoms with E-state index in [1.807, 2.05) is 0 Å². The maximum atomic E-state index is 11.5. The molecule has 6 heteroatoms. The van der Waals surface area contributed by atoms with Gasteiger partial charge in [0.05, 0.1) is 6.20 Å². The van der Waals surface area contributed by atoms with Crippen LogP contribution < -0.4 is 4.72 Å². The van der Waals surface area contributed by atoms with Crippen molar-refractivity contribution in [2.24, 2.45) is 0 Å². The molecule has 0 saturated heterocycles. The number of nitrogens with one attached hydrogen (secondary N) is 2. The van der Waals surface area contributed by atoms with Crippen molar-refractivity contribution in [2.45, 2.75) is 24.3 Å². The molecule has 0 aromatic carbocycles. The summed E-state index contributed by atoms with van der Waals surface area (Å²) in [5.41, 5.74) is 0. The quantitative estimate of drug-likeness (QED) is 0.696. The zero-order valence-corrected chi connectivity index (χ0v) is 8.50. The van der Waals surface area contributed by atoms with Crippen molar-refractivity contribution in [3.63, 3.8) is 0 Å². The SMILES string of the molecule is C#CCC(C)NS(=O)(=O)c1cn[nH]c1. The summed E-state index contributed by atoms with van der Waals surface area (Å²) < 4.78 is 25.5. The van der Waals surface area contributed by atoms with E-state index in [9.17, 15) is 8.42 Å². The van der Waals surface area contributed by atoms with Gasteiger partial charge in [-0.1, -0.05) is 0 Å². The van der Waals surface area contributed by atoms with Crippen LogP contribution in [0.25, 0.3) is 0 Å². The summed E-state index contributed by atoms with van der Waals surface area (Å²) in [6.45, 7) is 1.71. The predicted octanol–water partition coefficient (Wildman–Crippen LogP) is 0.0998. The van der Waals surface area contributed by atoms with Crippen molar-refractivity contribution in [1.29, 1.82) is 0 Å². The van der Waals surface area contributed by atoms with Gasteiger partial charge in [-0.15, -0.1) is 12.3 Å². The van der Waals surface area contributed by atoms with E-state index in [1.165, 1.54) is 12.4 Å². The van der Waals surface area contributed by atoms with E-state index in [1.54, 1.807) is 6.92 Å². The van der Waals surface area contributed by atoms with Gasteiger partial charge in [0.2, 0.25) is 10.0 Å². The van der Waals surface area contributed by atoms with E-state index in [-0.39, 0.29) is 10.9 Å². The average Bonchev–Trinajstić information content (AvgIpc) is 2.54. The third-order valence-corrected chi connectivity index (χ3v) is 3.12. The molecule has 0 amide bonds. The number of terminal acetylenes is 1. The van der Waals surface area contributed by atoms with Crippen molar-refractivity contribution in [3.8, 4) is 12.3 Å². The molecule has 76 valence electrons. The smallest absolute Gasteiger partial charge is 0.243 e. The Morgan fingerprint density at radius 3 is 3.00 bits per heavy atom. The Balaban J connectivity index is 2.74. The number of sulfonamides is 1. The molecule has 0 aliphatic rings. The molecule has 5 nitrogen and oxygen atoms in total. The first-order chi connectivity index (χ1) is 6.56. The molecule has 0 aliphatic carbocycles. The highest BCUT2D eigenvalue weighted by Gasteiger charge is 2.17. The Morgan fingerprint density at radius 2 is 2.50 bits per heavy atom. The van der Waals surface area contributed by atoms with Crippen LogP contribution in [0.1, 0.15) is 13.3 Å². The molecule has 0 radical (unpaired) electrons. The fourth-order valence-corrected chi connectivity index (χ4v) is 2.09. The van der Waals surface area contributed by atoms with Gasteiger partial charge in [0.25, 0.3) is 0 Å². The van der Waals surface area contributed by atoms with Gasteiger partial charge in [-0.2, -0.15) is 5.10 Å². The summed E-state index contributed by atoms with van der Waals surface area (Å²) in [6.07, 6.45) is 7.97. The third-order valence-electron chi connectivity index (χ3n) is 1.56. The van der Waals surface area contributed by atoms with E-state index in [0.717, 1.165) is 0 Å². The Kier molecular flexibility index (Phi) is 3.28. The van der Waals surface area contributed by atoms with Gasteiger partial charge in [0.1, 0.15) is 4.90 Å². The van der Waals surface area contributed by atoms with Crippen molar-refractivity contribution >= 4 is 10.0 Å². The van der Waals surface area contributed by atoms with Crippen molar-refractivity contribution in [1.82, 2.24) is 14.9 Å². The van der Waals surface area contributed by atoms with Gasteiger partial charge < -0.3 is 0 Å². The Morgan fingerprint density at radius 1 is 1.79 bits per heavy atom. The minimum Gasteiger partial charge on any atom is -0.284 e. The lowest BCUT2D eigenvalue weighted by Gasteiger charge is -2.09. The second-order valence-corrected chi connectivity index (χ2v) is 4.58. The molecular formula is C8H11N3O2S. The molecule has 0 fully saturated rings. The topological polar surface area (TPSA) is 74.8 Å². The third kappa shape index (κ3) is 2.58. The van der Waals surface area contributed by atoms with Crippen LogP contribution in [0, 0.1) is 12.3 Å². The molecule has 0 aliphatic heterocycles. The van der Waals surface area contributed by atoms with E-state index in [0.29, 0.717) is 6.42 Å². The van der Waals surface area contributed by atoms with Gasteiger partial charge in [0.15, 0.2) is 0 Å². The maximum absolute atomic E-state index is 11.5. The predicted molar refractivity (Wildman–Crippen MR) is 51.8 cm³/mol. The minimum absolute atomic E-state index is 0.112. The molecule has 0 saturated carbocycles. The van der Waals surface area contributed by atoms with Crippen molar-refractivity contribution < 1.29 is 8.42 Å². The van der Waals surface area contributed by atoms with Gasteiger partial charge in [-0.3, -0.25) is 5.10 Å². The van der Waals surface area contributed by atoms with Gasteiger partial charge in [0, 0.05) is 18.7 Å². The van der Waals surface area contributed by atoms with Crippen LogP contribution in [0.3, 0.4) is 0 Å². The van der Waals surface area contributed by atoms with Crippen LogP contribution in [0.15, 0.2) is 17.3 Å². The maximum Gasteiger partial charge on any atom is 0.243 e. The zero-order chi connectivity index (χ0) is 10.6. The van der Waals surface area contributed by atoms with Crippen molar-refractivity contribution in [3.05, 3.63) is 12.4 Å². The van der Waals surface area contributed by atoms with Crippen LogP contribution in [0.5, 0.6) is 0 Å². The number of aromatic amines is 1. The number of rotatable bonds is 4. The molecule has 1 aromatic rings. The second-order valence-electron chi connectivity index (χ2n) is 2.86. The van der Waals surface area contributed by atoms with E-state index >= 15 is 0 Å². The number of H-pyrrole nitrogens is 1. The molecule has 1 unspecified atom stereocenters. The zero-order valence-electron chi connectivity index (χ0n) is 7.69. The number of aromatic nitrogens is 2. The van der Waals surface area contributed by atoms with Crippen LogP contribution >= 0.6 is 0 Å². The molecular weight excluding hydrogens is 202 g/mol. The lowest BCUT2D eigenvalue weighted by atomic mass is 10.3. The van der Waals surface area contributed by atoms with Gasteiger partial charge in [-0.25, -0.2) is 13.1 Å². The van der Waals surface area contributed by atoms with E-state index in [4.69, 9.17) is 6.42 Å². The summed E-state index contributed by atoms with van der Waals surface area (Å²) >= 11 is 0. The second kappa shape index (κ2) is 4.26. The summed E-state index contributed by atoms with van der Waals surface area (Å²) in [6, 6.07) is -0.278.